The van der Waals surface area contributed by atoms with Gasteiger partial charge in [-0.2, -0.15) is 13.2 Å². The fraction of sp³-hybridized carbons (Fsp3) is 0.308. The molecule has 10 heteroatoms. The van der Waals surface area contributed by atoms with Crippen LogP contribution < -0.4 is 10.8 Å². The van der Waals surface area contributed by atoms with E-state index in [1.807, 2.05) is 0 Å². The van der Waals surface area contributed by atoms with E-state index in [-0.39, 0.29) is 5.70 Å². The molecule has 1 amide bonds. The number of alkyl halides is 3. The van der Waals surface area contributed by atoms with Crippen molar-refractivity contribution in [1.82, 2.24) is 9.88 Å². The van der Waals surface area contributed by atoms with Crippen LogP contribution in [0.4, 0.5) is 18.9 Å². The summed E-state index contributed by atoms with van der Waals surface area (Å²) in [5.74, 6) is -0.813. The number of pyridine rings is 1. The van der Waals surface area contributed by atoms with Crippen molar-refractivity contribution in [2.24, 2.45) is 0 Å². The molecule has 0 saturated carbocycles. The maximum atomic E-state index is 12.2. The average molecular weight is 345 g/mol. The van der Waals surface area contributed by atoms with Crippen LogP contribution in [0.15, 0.2) is 30.4 Å². The summed E-state index contributed by atoms with van der Waals surface area (Å²) < 4.78 is 36.5. The highest BCUT2D eigenvalue weighted by molar-refractivity contribution is 6.68. The first kappa shape index (κ1) is 19.0. The Hall–Kier alpha value is -2.03. The zero-order chi connectivity index (χ0) is 17.6. The van der Waals surface area contributed by atoms with Crippen LogP contribution in [0.5, 0.6) is 0 Å². The Bertz CT molecular complexity index is 621. The van der Waals surface area contributed by atoms with E-state index in [1.54, 1.807) is 6.07 Å². The van der Waals surface area contributed by atoms with E-state index >= 15 is 0 Å². The number of rotatable bonds is 6. The summed E-state index contributed by atoms with van der Waals surface area (Å²) in [4.78, 5) is 16.5. The molecule has 1 heterocycles. The van der Waals surface area contributed by atoms with Crippen LogP contribution in [-0.4, -0.2) is 42.0 Å². The molecule has 0 aliphatic carbocycles. The van der Waals surface area contributed by atoms with Crippen LogP contribution in [0.25, 0.3) is 0 Å². The summed E-state index contributed by atoms with van der Waals surface area (Å²) in [6, 6.07) is 1.55. The van der Waals surface area contributed by atoms with Crippen molar-refractivity contribution < 1.29 is 18.0 Å². The fourth-order valence-corrected chi connectivity index (χ4v) is 1.73. The van der Waals surface area contributed by atoms with Crippen molar-refractivity contribution in [3.8, 4) is 0 Å². The smallest absolute Gasteiger partial charge is 0.358 e. The average Bonchev–Trinajstić information content (AvgIpc) is 2.43. The van der Waals surface area contributed by atoms with Gasteiger partial charge in [0.25, 0.3) is 0 Å². The van der Waals surface area contributed by atoms with Gasteiger partial charge < -0.3 is 10.2 Å². The molecule has 122 valence electrons. The molecule has 0 unspecified atom stereocenters. The van der Waals surface area contributed by atoms with Gasteiger partial charge in [-0.1, -0.05) is 17.1 Å². The SMILES string of the molecule is [B]c1cncc(N/C=C(\C(=N)Cl)N(C)C(=O)CCC(F)(F)F)c1. The van der Waals surface area contributed by atoms with Crippen LogP contribution in [0.2, 0.25) is 0 Å². The first-order valence-corrected chi connectivity index (χ1v) is 6.73. The highest BCUT2D eigenvalue weighted by Crippen LogP contribution is 2.22. The topological polar surface area (TPSA) is 69.1 Å². The summed E-state index contributed by atoms with van der Waals surface area (Å²) in [5, 5.41) is 9.67. The lowest BCUT2D eigenvalue weighted by Gasteiger charge is -2.20. The van der Waals surface area contributed by atoms with Crippen LogP contribution in [0.1, 0.15) is 12.8 Å². The summed E-state index contributed by atoms with van der Waals surface area (Å²) in [5.41, 5.74) is 0.776. The number of amides is 1. The number of hydrogen-bond acceptors (Lipinski definition) is 4. The monoisotopic (exact) mass is 344 g/mol. The van der Waals surface area contributed by atoms with Gasteiger partial charge in [-0.15, -0.1) is 0 Å². The number of nitrogens with zero attached hydrogens (tertiary/aromatic N) is 2. The highest BCUT2D eigenvalue weighted by atomic mass is 35.5. The van der Waals surface area contributed by atoms with Crippen molar-refractivity contribution in [2.45, 2.75) is 19.0 Å². The molecule has 2 N–H and O–H groups in total. The van der Waals surface area contributed by atoms with Crippen LogP contribution in [0.3, 0.4) is 0 Å². The number of nitrogens with one attached hydrogen (secondary N) is 2. The summed E-state index contributed by atoms with van der Waals surface area (Å²) in [6.45, 7) is 0. The van der Waals surface area contributed by atoms with Gasteiger partial charge in [0.05, 0.1) is 24.0 Å². The van der Waals surface area contributed by atoms with E-state index < -0.39 is 30.1 Å². The molecule has 23 heavy (non-hydrogen) atoms. The van der Waals surface area contributed by atoms with Gasteiger partial charge in [-0.3, -0.25) is 15.2 Å². The second kappa shape index (κ2) is 8.00. The lowest BCUT2D eigenvalue weighted by atomic mass is 9.99. The Kier molecular flexibility index (Phi) is 6.62. The van der Waals surface area contributed by atoms with Gasteiger partial charge in [0.15, 0.2) is 0 Å². The number of carbonyl (C=O) groups is 1. The van der Waals surface area contributed by atoms with Crippen molar-refractivity contribution in [3.63, 3.8) is 0 Å². The number of hydrogen-bond donors (Lipinski definition) is 2. The second-order valence-corrected chi connectivity index (χ2v) is 4.94. The minimum Gasteiger partial charge on any atom is -0.358 e. The van der Waals surface area contributed by atoms with E-state index in [0.29, 0.717) is 11.2 Å². The molecule has 5 nitrogen and oxygen atoms in total. The maximum Gasteiger partial charge on any atom is 0.389 e. The summed E-state index contributed by atoms with van der Waals surface area (Å²) >= 11 is 5.59. The molecule has 0 spiro atoms. The van der Waals surface area contributed by atoms with Crippen molar-refractivity contribution in [3.05, 3.63) is 30.4 Å². The van der Waals surface area contributed by atoms with E-state index in [0.717, 1.165) is 4.90 Å². The molecule has 0 aromatic carbocycles. The Morgan fingerprint density at radius 2 is 2.17 bits per heavy atom. The van der Waals surface area contributed by atoms with Crippen LogP contribution in [0, 0.1) is 5.41 Å². The Balaban J connectivity index is 2.82. The first-order chi connectivity index (χ1) is 10.6. The second-order valence-electron chi connectivity index (χ2n) is 4.56. The van der Waals surface area contributed by atoms with Gasteiger partial charge in [-0.25, -0.2) is 0 Å². The largest absolute Gasteiger partial charge is 0.389 e. The molecule has 0 fully saturated rings. The van der Waals surface area contributed by atoms with Crippen molar-refractivity contribution >= 4 is 41.7 Å². The predicted octanol–water partition coefficient (Wildman–Crippen LogP) is 2.15. The first-order valence-electron chi connectivity index (χ1n) is 6.35. The third-order valence-corrected chi connectivity index (χ3v) is 2.91. The van der Waals surface area contributed by atoms with E-state index in [4.69, 9.17) is 24.9 Å². The third kappa shape index (κ3) is 6.73. The van der Waals surface area contributed by atoms with E-state index in [1.165, 1.54) is 25.6 Å². The minimum absolute atomic E-state index is 0.0822. The van der Waals surface area contributed by atoms with E-state index in [9.17, 15) is 18.0 Å². The molecular formula is C13H13BClF3N4O. The zero-order valence-corrected chi connectivity index (χ0v) is 12.9. The molecule has 0 aliphatic rings. The molecular weight excluding hydrogens is 331 g/mol. The number of aromatic nitrogens is 1. The van der Waals surface area contributed by atoms with E-state index in [2.05, 4.69) is 10.3 Å². The standard InChI is InChI=1S/C13H13BClF3N4O/c1-22(11(23)2-3-13(16,17)18)10(12(15)19)7-21-9-4-8(14)5-20-6-9/h4-7,19,21H,2-3H2,1H3/b10-7+,19-12?. The summed E-state index contributed by atoms with van der Waals surface area (Å²) in [7, 11) is 6.79. The van der Waals surface area contributed by atoms with Gasteiger partial charge in [0.1, 0.15) is 13.0 Å². The lowest BCUT2D eigenvalue weighted by molar-refractivity contribution is -0.147. The number of anilines is 1. The molecule has 2 radical (unpaired) electrons. The van der Waals surface area contributed by atoms with Gasteiger partial charge in [0.2, 0.25) is 5.91 Å². The molecule has 0 bridgehead atoms. The third-order valence-electron chi connectivity index (χ3n) is 2.72. The Morgan fingerprint density at radius 1 is 1.52 bits per heavy atom. The van der Waals surface area contributed by atoms with Crippen molar-refractivity contribution in [1.29, 1.82) is 5.41 Å². The van der Waals surface area contributed by atoms with Gasteiger partial charge >= 0.3 is 6.18 Å². The molecule has 0 atom stereocenters. The van der Waals surface area contributed by atoms with Crippen LogP contribution in [-0.2, 0) is 4.79 Å². The molecule has 1 rings (SSSR count). The number of carbonyl (C=O) groups excluding carboxylic acids is 1. The Labute approximate surface area is 137 Å². The highest BCUT2D eigenvalue weighted by Gasteiger charge is 2.29. The van der Waals surface area contributed by atoms with Gasteiger partial charge in [0, 0.05) is 25.9 Å². The quantitative estimate of drug-likeness (QED) is 0.614. The number of halogens is 4. The van der Waals surface area contributed by atoms with Crippen LogP contribution >= 0.6 is 11.6 Å². The fourth-order valence-electron chi connectivity index (χ4n) is 1.55. The van der Waals surface area contributed by atoms with Gasteiger partial charge in [-0.05, 0) is 6.07 Å². The molecule has 1 aromatic rings. The van der Waals surface area contributed by atoms with Crippen molar-refractivity contribution in [2.75, 3.05) is 12.4 Å². The lowest BCUT2D eigenvalue weighted by Crippen LogP contribution is -2.30. The normalized spacial score (nSPS) is 12.0. The molecule has 0 aliphatic heterocycles. The predicted molar refractivity (Wildman–Crippen MR) is 83.0 cm³/mol. The molecule has 1 aromatic heterocycles. The maximum absolute atomic E-state index is 12.2. The zero-order valence-electron chi connectivity index (χ0n) is 12.1. The summed E-state index contributed by atoms with van der Waals surface area (Å²) in [6.07, 6.45) is -2.33. The Morgan fingerprint density at radius 3 is 2.70 bits per heavy atom. The molecule has 0 saturated heterocycles. The number of allylic oxidation sites excluding steroid dienone is 1. The minimum atomic E-state index is -4.43.